The van der Waals surface area contributed by atoms with Crippen molar-refractivity contribution in [1.29, 1.82) is 0 Å². The Balaban J connectivity index is 1.58. The Labute approximate surface area is 173 Å². The first-order valence-corrected chi connectivity index (χ1v) is 9.38. The van der Waals surface area contributed by atoms with Gasteiger partial charge in [-0.1, -0.05) is 0 Å². The van der Waals surface area contributed by atoms with E-state index in [0.29, 0.717) is 47.0 Å². The summed E-state index contributed by atoms with van der Waals surface area (Å²) in [4.78, 5) is 44.5. The number of methoxy groups -OCH3 is 2. The SMILES string of the molecule is COc1ccc(C(=O)OOC2=C(OOC(=O)c3ccc(OC)cc3)CCCC2)cc1. The zero-order valence-corrected chi connectivity index (χ0v) is 16.7. The molecular weight excluding hydrogens is 392 g/mol. The molecule has 0 spiro atoms. The van der Waals surface area contributed by atoms with Crippen LogP contribution in [0.1, 0.15) is 46.4 Å². The van der Waals surface area contributed by atoms with Crippen LogP contribution in [-0.4, -0.2) is 26.2 Å². The maximum atomic E-state index is 12.1. The summed E-state index contributed by atoms with van der Waals surface area (Å²) in [6.45, 7) is 0. The van der Waals surface area contributed by atoms with Crippen LogP contribution in [0.4, 0.5) is 0 Å². The number of allylic oxidation sites excluding steroid dienone is 2. The summed E-state index contributed by atoms with van der Waals surface area (Å²) in [7, 11) is 3.07. The van der Waals surface area contributed by atoms with Gasteiger partial charge < -0.3 is 9.47 Å². The van der Waals surface area contributed by atoms with Crippen molar-refractivity contribution >= 4 is 11.9 Å². The molecule has 0 amide bonds. The summed E-state index contributed by atoms with van der Waals surface area (Å²) in [5, 5.41) is 0. The highest BCUT2D eigenvalue weighted by Gasteiger charge is 2.22. The van der Waals surface area contributed by atoms with E-state index < -0.39 is 11.9 Å². The molecule has 0 fully saturated rings. The summed E-state index contributed by atoms with van der Waals surface area (Å²) in [5.74, 6) is 0.542. The van der Waals surface area contributed by atoms with E-state index >= 15 is 0 Å². The van der Waals surface area contributed by atoms with Gasteiger partial charge >= 0.3 is 11.9 Å². The van der Waals surface area contributed by atoms with Crippen LogP contribution < -0.4 is 9.47 Å². The molecule has 2 aromatic carbocycles. The van der Waals surface area contributed by atoms with E-state index in [1.54, 1.807) is 48.5 Å². The van der Waals surface area contributed by atoms with Crippen LogP contribution in [0.25, 0.3) is 0 Å². The average molecular weight is 414 g/mol. The van der Waals surface area contributed by atoms with Gasteiger partial charge in [0, 0.05) is 12.8 Å². The molecule has 0 aromatic heterocycles. The van der Waals surface area contributed by atoms with Crippen molar-refractivity contribution in [2.45, 2.75) is 25.7 Å². The van der Waals surface area contributed by atoms with Crippen molar-refractivity contribution in [1.82, 2.24) is 0 Å². The van der Waals surface area contributed by atoms with Crippen molar-refractivity contribution in [2.75, 3.05) is 14.2 Å². The van der Waals surface area contributed by atoms with Gasteiger partial charge in [-0.05, 0) is 61.4 Å². The first-order chi connectivity index (χ1) is 14.6. The maximum absolute atomic E-state index is 12.1. The highest BCUT2D eigenvalue weighted by molar-refractivity contribution is 5.89. The average Bonchev–Trinajstić information content (AvgIpc) is 2.81. The Morgan fingerprint density at radius 1 is 0.633 bits per heavy atom. The molecule has 0 saturated heterocycles. The Kier molecular flexibility index (Phi) is 7.15. The van der Waals surface area contributed by atoms with E-state index in [2.05, 4.69) is 0 Å². The molecule has 8 heteroatoms. The van der Waals surface area contributed by atoms with Gasteiger partial charge in [-0.25, -0.2) is 19.4 Å². The zero-order chi connectivity index (χ0) is 21.3. The summed E-state index contributed by atoms with van der Waals surface area (Å²) in [6.07, 6.45) is 2.64. The lowest BCUT2D eigenvalue weighted by molar-refractivity contribution is -0.239. The van der Waals surface area contributed by atoms with Crippen molar-refractivity contribution in [3.8, 4) is 11.5 Å². The van der Waals surface area contributed by atoms with Crippen LogP contribution in [0.15, 0.2) is 60.0 Å². The fourth-order valence-electron chi connectivity index (χ4n) is 2.75. The van der Waals surface area contributed by atoms with Crippen LogP contribution in [-0.2, 0) is 19.6 Å². The molecule has 0 N–H and O–H groups in total. The highest BCUT2D eigenvalue weighted by atomic mass is 17.2. The number of carbonyl (C=O) groups is 2. The Morgan fingerprint density at radius 3 is 1.33 bits per heavy atom. The van der Waals surface area contributed by atoms with Crippen molar-refractivity contribution in [3.63, 3.8) is 0 Å². The van der Waals surface area contributed by atoms with Gasteiger partial charge in [0.25, 0.3) is 0 Å². The second-order valence-electron chi connectivity index (χ2n) is 6.42. The maximum Gasteiger partial charge on any atom is 0.386 e. The van der Waals surface area contributed by atoms with Crippen LogP contribution in [0.3, 0.4) is 0 Å². The molecule has 3 rings (SSSR count). The van der Waals surface area contributed by atoms with Gasteiger partial charge in [0.2, 0.25) is 0 Å². The quantitative estimate of drug-likeness (QED) is 0.465. The van der Waals surface area contributed by atoms with Gasteiger partial charge in [0.15, 0.2) is 11.5 Å². The molecule has 0 unspecified atom stereocenters. The molecule has 30 heavy (non-hydrogen) atoms. The topological polar surface area (TPSA) is 89.5 Å². The highest BCUT2D eigenvalue weighted by Crippen LogP contribution is 2.27. The first kappa shape index (κ1) is 21.0. The summed E-state index contributed by atoms with van der Waals surface area (Å²) in [6, 6.07) is 12.8. The van der Waals surface area contributed by atoms with Crippen molar-refractivity contribution in [2.24, 2.45) is 0 Å². The minimum absolute atomic E-state index is 0.306. The minimum atomic E-state index is -0.662. The fourth-order valence-corrected chi connectivity index (χ4v) is 2.75. The molecule has 0 heterocycles. The summed E-state index contributed by atoms with van der Waals surface area (Å²) >= 11 is 0. The lowest BCUT2D eigenvalue weighted by Gasteiger charge is -2.17. The number of hydrogen-bond donors (Lipinski definition) is 0. The van der Waals surface area contributed by atoms with E-state index in [4.69, 9.17) is 29.0 Å². The molecule has 0 saturated carbocycles. The standard InChI is InChI=1S/C22H22O8/c1-25-17-11-7-15(8-12-17)21(23)29-27-19-5-3-4-6-20(19)28-30-22(24)16-9-13-18(26-2)14-10-16/h7-14H,3-6H2,1-2H3. The van der Waals surface area contributed by atoms with Crippen LogP contribution in [0, 0.1) is 0 Å². The normalized spacial score (nSPS) is 13.3. The summed E-state index contributed by atoms with van der Waals surface area (Å²) in [5.41, 5.74) is 0.612. The molecule has 1 aliphatic carbocycles. The van der Waals surface area contributed by atoms with E-state index in [1.165, 1.54) is 14.2 Å². The Hall–Kier alpha value is -3.68. The number of rotatable bonds is 8. The monoisotopic (exact) mass is 414 g/mol. The molecule has 0 radical (unpaired) electrons. The molecular formula is C22H22O8. The molecule has 0 atom stereocenters. The molecule has 8 nitrogen and oxygen atoms in total. The second-order valence-corrected chi connectivity index (χ2v) is 6.42. The number of hydrogen-bond acceptors (Lipinski definition) is 8. The molecule has 2 aromatic rings. The Morgan fingerprint density at radius 2 is 1.00 bits per heavy atom. The third-order valence-corrected chi connectivity index (χ3v) is 4.46. The molecule has 1 aliphatic rings. The van der Waals surface area contributed by atoms with Crippen LogP contribution in [0.5, 0.6) is 11.5 Å². The van der Waals surface area contributed by atoms with Crippen molar-refractivity contribution in [3.05, 3.63) is 71.2 Å². The Bertz CT molecular complexity index is 824. The number of benzene rings is 2. The van der Waals surface area contributed by atoms with E-state index in [9.17, 15) is 9.59 Å². The second kappa shape index (κ2) is 10.2. The predicted molar refractivity (Wildman–Crippen MR) is 104 cm³/mol. The number of ether oxygens (including phenoxy) is 2. The largest absolute Gasteiger partial charge is 0.497 e. The van der Waals surface area contributed by atoms with E-state index in [-0.39, 0.29) is 0 Å². The van der Waals surface area contributed by atoms with Crippen LogP contribution >= 0.6 is 0 Å². The molecule has 0 bridgehead atoms. The lowest BCUT2D eigenvalue weighted by atomic mass is 10.0. The number of carbonyl (C=O) groups excluding carboxylic acids is 2. The predicted octanol–water partition coefficient (Wildman–Crippen LogP) is 4.37. The summed E-state index contributed by atoms with van der Waals surface area (Å²) < 4.78 is 10.1. The van der Waals surface area contributed by atoms with Gasteiger partial charge in [0.1, 0.15) is 11.5 Å². The first-order valence-electron chi connectivity index (χ1n) is 9.38. The van der Waals surface area contributed by atoms with Crippen LogP contribution in [0.2, 0.25) is 0 Å². The zero-order valence-electron chi connectivity index (χ0n) is 16.7. The molecule has 158 valence electrons. The third-order valence-electron chi connectivity index (χ3n) is 4.46. The van der Waals surface area contributed by atoms with E-state index in [1.807, 2.05) is 0 Å². The minimum Gasteiger partial charge on any atom is -0.497 e. The van der Waals surface area contributed by atoms with Crippen molar-refractivity contribution < 1.29 is 38.6 Å². The lowest BCUT2D eigenvalue weighted by Crippen LogP contribution is -2.13. The van der Waals surface area contributed by atoms with Gasteiger partial charge in [-0.2, -0.15) is 0 Å². The van der Waals surface area contributed by atoms with E-state index in [0.717, 1.165) is 12.8 Å². The third kappa shape index (κ3) is 5.44. The van der Waals surface area contributed by atoms with Gasteiger partial charge in [0.05, 0.1) is 25.3 Å². The molecule has 0 aliphatic heterocycles. The van der Waals surface area contributed by atoms with Gasteiger partial charge in [-0.15, -0.1) is 0 Å². The van der Waals surface area contributed by atoms with Gasteiger partial charge in [-0.3, -0.25) is 9.78 Å². The fraction of sp³-hybridized carbons (Fsp3) is 0.273. The smallest absolute Gasteiger partial charge is 0.386 e.